The highest BCUT2D eigenvalue weighted by Crippen LogP contribution is 2.20. The van der Waals surface area contributed by atoms with Gasteiger partial charge in [0.25, 0.3) is 0 Å². The summed E-state index contributed by atoms with van der Waals surface area (Å²) >= 11 is 5.88. The number of nitrogens with two attached hydrogens (primary N) is 1. The quantitative estimate of drug-likeness (QED) is 0.798. The summed E-state index contributed by atoms with van der Waals surface area (Å²) in [5.41, 5.74) is 9.32. The van der Waals surface area contributed by atoms with Crippen molar-refractivity contribution in [2.24, 2.45) is 12.8 Å². The molecule has 0 saturated carbocycles. The normalized spacial score (nSPS) is 11.0. The van der Waals surface area contributed by atoms with Gasteiger partial charge in [-0.3, -0.25) is 4.68 Å². The molecule has 0 aliphatic carbocycles. The minimum Gasteiger partial charge on any atom is -0.325 e. The molecular formula is C14H15ClN6. The molecule has 2 aromatic heterocycles. The van der Waals surface area contributed by atoms with Crippen LogP contribution in [0.4, 0.5) is 0 Å². The fourth-order valence-electron chi connectivity index (χ4n) is 2.18. The first-order chi connectivity index (χ1) is 10.2. The highest BCUT2D eigenvalue weighted by Gasteiger charge is 2.12. The minimum absolute atomic E-state index is 0.375. The van der Waals surface area contributed by atoms with Crippen LogP contribution in [-0.2, 0) is 20.1 Å². The van der Waals surface area contributed by atoms with Crippen molar-refractivity contribution >= 4 is 11.6 Å². The van der Waals surface area contributed by atoms with E-state index in [4.69, 9.17) is 17.3 Å². The molecule has 7 heteroatoms. The monoisotopic (exact) mass is 302 g/mol. The van der Waals surface area contributed by atoms with E-state index >= 15 is 0 Å². The number of aromatic nitrogens is 5. The first kappa shape index (κ1) is 13.8. The molecule has 2 heterocycles. The maximum absolute atomic E-state index is 5.88. The molecule has 1 aromatic carbocycles. The van der Waals surface area contributed by atoms with E-state index < -0.39 is 0 Å². The van der Waals surface area contributed by atoms with Gasteiger partial charge in [-0.25, -0.2) is 4.68 Å². The lowest BCUT2D eigenvalue weighted by Gasteiger charge is -2.00. The van der Waals surface area contributed by atoms with Crippen LogP contribution in [-0.4, -0.2) is 24.8 Å². The van der Waals surface area contributed by atoms with Crippen molar-refractivity contribution in [3.05, 3.63) is 52.9 Å². The topological polar surface area (TPSA) is 74.5 Å². The van der Waals surface area contributed by atoms with Crippen molar-refractivity contribution < 1.29 is 0 Å². The zero-order valence-corrected chi connectivity index (χ0v) is 12.3. The summed E-state index contributed by atoms with van der Waals surface area (Å²) in [6, 6.07) is 7.67. The van der Waals surface area contributed by atoms with Gasteiger partial charge in [0.1, 0.15) is 5.69 Å². The van der Waals surface area contributed by atoms with Crippen molar-refractivity contribution in [3.63, 3.8) is 0 Å². The Balaban J connectivity index is 1.84. The second-order valence-corrected chi connectivity index (χ2v) is 5.23. The number of nitrogens with zero attached hydrogens (tertiary/aromatic N) is 5. The first-order valence-corrected chi connectivity index (χ1v) is 6.91. The maximum atomic E-state index is 5.88. The van der Waals surface area contributed by atoms with Crippen LogP contribution in [0.1, 0.15) is 11.3 Å². The van der Waals surface area contributed by atoms with Crippen molar-refractivity contribution in [1.82, 2.24) is 24.8 Å². The summed E-state index contributed by atoms with van der Waals surface area (Å²) in [4.78, 5) is 0. The van der Waals surface area contributed by atoms with Gasteiger partial charge in [0.05, 0.1) is 18.4 Å². The molecule has 0 aliphatic heterocycles. The van der Waals surface area contributed by atoms with Gasteiger partial charge in [-0.1, -0.05) is 28.9 Å². The summed E-state index contributed by atoms with van der Waals surface area (Å²) in [5.74, 6) is 0. The number of benzene rings is 1. The Morgan fingerprint density at radius 3 is 2.67 bits per heavy atom. The number of rotatable bonds is 4. The molecule has 0 saturated heterocycles. The molecular weight excluding hydrogens is 288 g/mol. The molecule has 6 nitrogen and oxygen atoms in total. The van der Waals surface area contributed by atoms with E-state index in [0.717, 1.165) is 27.5 Å². The Bertz CT molecular complexity index is 743. The van der Waals surface area contributed by atoms with Crippen LogP contribution < -0.4 is 5.73 Å². The fraction of sp³-hybridized carbons (Fsp3) is 0.214. The highest BCUT2D eigenvalue weighted by atomic mass is 35.5. The van der Waals surface area contributed by atoms with Crippen molar-refractivity contribution in [2.75, 3.05) is 0 Å². The SMILES string of the molecule is Cn1cc(-c2cn(Cc3ccc(Cl)cc3)nn2)c(CN)n1. The number of hydrogen-bond donors (Lipinski definition) is 1. The van der Waals surface area contributed by atoms with Crippen LogP contribution in [0.5, 0.6) is 0 Å². The molecule has 0 atom stereocenters. The Morgan fingerprint density at radius 1 is 1.19 bits per heavy atom. The van der Waals surface area contributed by atoms with E-state index in [0.29, 0.717) is 13.1 Å². The Morgan fingerprint density at radius 2 is 1.95 bits per heavy atom. The van der Waals surface area contributed by atoms with Gasteiger partial charge in [0, 0.05) is 30.4 Å². The summed E-state index contributed by atoms with van der Waals surface area (Å²) in [6.07, 6.45) is 3.80. The average Bonchev–Trinajstić information content (AvgIpc) is 3.07. The summed E-state index contributed by atoms with van der Waals surface area (Å²) in [6.45, 7) is 1.02. The Kier molecular flexibility index (Phi) is 3.72. The van der Waals surface area contributed by atoms with Crippen LogP contribution in [0.3, 0.4) is 0 Å². The highest BCUT2D eigenvalue weighted by molar-refractivity contribution is 6.30. The van der Waals surface area contributed by atoms with Gasteiger partial charge in [-0.2, -0.15) is 5.10 Å². The van der Waals surface area contributed by atoms with E-state index in [1.165, 1.54) is 0 Å². The lowest BCUT2D eigenvalue weighted by Crippen LogP contribution is -2.00. The van der Waals surface area contributed by atoms with Crippen LogP contribution in [0, 0.1) is 0 Å². The molecule has 108 valence electrons. The fourth-order valence-corrected chi connectivity index (χ4v) is 2.30. The Hall–Kier alpha value is -2.18. The molecule has 0 spiro atoms. The van der Waals surface area contributed by atoms with Gasteiger partial charge in [0.2, 0.25) is 0 Å². The summed E-state index contributed by atoms with van der Waals surface area (Å²) < 4.78 is 3.52. The van der Waals surface area contributed by atoms with E-state index in [-0.39, 0.29) is 0 Å². The van der Waals surface area contributed by atoms with Crippen LogP contribution in [0.2, 0.25) is 5.02 Å². The zero-order chi connectivity index (χ0) is 14.8. The predicted molar refractivity (Wildman–Crippen MR) is 80.7 cm³/mol. The maximum Gasteiger partial charge on any atom is 0.116 e. The van der Waals surface area contributed by atoms with Crippen molar-refractivity contribution in [3.8, 4) is 11.3 Å². The van der Waals surface area contributed by atoms with Gasteiger partial charge in [0.15, 0.2) is 0 Å². The average molecular weight is 303 g/mol. The summed E-state index contributed by atoms with van der Waals surface area (Å²) in [7, 11) is 1.86. The molecule has 21 heavy (non-hydrogen) atoms. The van der Waals surface area contributed by atoms with Gasteiger partial charge < -0.3 is 5.73 Å². The first-order valence-electron chi connectivity index (χ1n) is 6.53. The van der Waals surface area contributed by atoms with Crippen LogP contribution >= 0.6 is 11.6 Å². The molecule has 2 N–H and O–H groups in total. The van der Waals surface area contributed by atoms with Crippen LogP contribution in [0.15, 0.2) is 36.7 Å². The lowest BCUT2D eigenvalue weighted by atomic mass is 10.2. The third kappa shape index (κ3) is 2.96. The second-order valence-electron chi connectivity index (χ2n) is 4.80. The molecule has 3 aromatic rings. The van der Waals surface area contributed by atoms with E-state index in [1.54, 1.807) is 9.36 Å². The molecule has 0 amide bonds. The van der Waals surface area contributed by atoms with Crippen molar-refractivity contribution in [1.29, 1.82) is 0 Å². The third-order valence-electron chi connectivity index (χ3n) is 3.17. The van der Waals surface area contributed by atoms with Crippen molar-refractivity contribution in [2.45, 2.75) is 13.1 Å². The molecule has 0 aliphatic rings. The predicted octanol–water partition coefficient (Wildman–Crippen LogP) is 1.84. The van der Waals surface area contributed by atoms with Gasteiger partial charge in [-0.15, -0.1) is 5.10 Å². The minimum atomic E-state index is 0.375. The van der Waals surface area contributed by atoms with E-state index in [2.05, 4.69) is 15.4 Å². The largest absolute Gasteiger partial charge is 0.325 e. The lowest BCUT2D eigenvalue weighted by molar-refractivity contribution is 0.650. The number of aryl methyl sites for hydroxylation is 1. The molecule has 0 bridgehead atoms. The van der Waals surface area contributed by atoms with E-state index in [9.17, 15) is 0 Å². The van der Waals surface area contributed by atoms with Crippen LogP contribution in [0.25, 0.3) is 11.3 Å². The molecule has 0 fully saturated rings. The Labute approximate surface area is 127 Å². The second kappa shape index (κ2) is 5.67. The number of hydrogen-bond acceptors (Lipinski definition) is 4. The zero-order valence-electron chi connectivity index (χ0n) is 11.6. The smallest absolute Gasteiger partial charge is 0.116 e. The van der Waals surface area contributed by atoms with Gasteiger partial charge in [-0.05, 0) is 17.7 Å². The third-order valence-corrected chi connectivity index (χ3v) is 3.42. The molecule has 0 radical (unpaired) electrons. The molecule has 3 rings (SSSR count). The number of halogens is 1. The van der Waals surface area contributed by atoms with E-state index in [1.807, 2.05) is 43.7 Å². The molecule has 0 unspecified atom stereocenters. The summed E-state index contributed by atoms with van der Waals surface area (Å²) in [5, 5.41) is 13.4. The standard InChI is InChI=1S/C14H15ClN6/c1-20-8-12(13(6-16)18-20)14-9-21(19-17-14)7-10-2-4-11(15)5-3-10/h2-5,8-9H,6-7,16H2,1H3. The van der Waals surface area contributed by atoms with Gasteiger partial charge >= 0.3 is 0 Å².